The quantitative estimate of drug-likeness (QED) is 0.344. The molecule has 0 spiro atoms. The van der Waals surface area contributed by atoms with Crippen molar-refractivity contribution >= 4 is 5.78 Å². The first kappa shape index (κ1) is 16.0. The van der Waals surface area contributed by atoms with E-state index in [9.17, 15) is 4.79 Å². The number of benzene rings is 1. The van der Waals surface area contributed by atoms with E-state index in [1.165, 1.54) is 38.5 Å². The number of unbranched alkanes of at least 4 members (excludes halogenated alkanes) is 5. The monoisotopic (exact) mass is 290 g/mol. The van der Waals surface area contributed by atoms with Crippen LogP contribution in [0.25, 0.3) is 0 Å². The second kappa shape index (κ2) is 8.83. The zero-order valence-corrected chi connectivity index (χ0v) is 13.0. The van der Waals surface area contributed by atoms with E-state index < -0.39 is 0 Å². The zero-order chi connectivity index (χ0) is 14.9. The minimum Gasteiger partial charge on any atom is -0.494 e. The van der Waals surface area contributed by atoms with Crippen molar-refractivity contribution < 1.29 is 14.3 Å². The molecule has 1 aromatic carbocycles. The van der Waals surface area contributed by atoms with Gasteiger partial charge in [0.25, 0.3) is 0 Å². The van der Waals surface area contributed by atoms with Crippen LogP contribution in [0.4, 0.5) is 0 Å². The van der Waals surface area contributed by atoms with Crippen LogP contribution in [0, 0.1) is 0 Å². The van der Waals surface area contributed by atoms with Crippen molar-refractivity contribution in [3.63, 3.8) is 0 Å². The third kappa shape index (κ3) is 6.76. The summed E-state index contributed by atoms with van der Waals surface area (Å²) in [4.78, 5) is 11.2. The van der Waals surface area contributed by atoms with Gasteiger partial charge in [-0.2, -0.15) is 0 Å². The number of ether oxygens (including phenoxy) is 2. The van der Waals surface area contributed by atoms with Gasteiger partial charge in [0, 0.05) is 5.56 Å². The lowest BCUT2D eigenvalue weighted by Crippen LogP contribution is -1.98. The highest BCUT2D eigenvalue weighted by Crippen LogP contribution is 2.18. The fourth-order valence-electron chi connectivity index (χ4n) is 2.39. The summed E-state index contributed by atoms with van der Waals surface area (Å²) in [5.74, 6) is 0.944. The lowest BCUT2D eigenvalue weighted by Gasteiger charge is -2.06. The summed E-state index contributed by atoms with van der Waals surface area (Å²) in [7, 11) is 0. The third-order valence-electron chi connectivity index (χ3n) is 3.85. The first-order valence-electron chi connectivity index (χ1n) is 8.11. The molecule has 0 amide bonds. The fourth-order valence-corrected chi connectivity index (χ4v) is 2.39. The molecule has 3 nitrogen and oxygen atoms in total. The Morgan fingerprint density at radius 2 is 1.71 bits per heavy atom. The lowest BCUT2D eigenvalue weighted by atomic mass is 10.1. The molecule has 21 heavy (non-hydrogen) atoms. The molecule has 3 heteroatoms. The molecular weight excluding hydrogens is 264 g/mol. The van der Waals surface area contributed by atoms with Crippen LogP contribution >= 0.6 is 0 Å². The van der Waals surface area contributed by atoms with Gasteiger partial charge in [0.1, 0.15) is 5.75 Å². The van der Waals surface area contributed by atoms with Crippen molar-refractivity contribution in [2.75, 3.05) is 13.2 Å². The van der Waals surface area contributed by atoms with Crippen LogP contribution in [-0.2, 0) is 4.74 Å². The van der Waals surface area contributed by atoms with Gasteiger partial charge in [-0.1, -0.05) is 32.1 Å². The smallest absolute Gasteiger partial charge is 0.159 e. The Labute approximate surface area is 127 Å². The maximum Gasteiger partial charge on any atom is 0.159 e. The standard InChI is InChI=1S/C18H26O3/c1-15(19)16-9-11-17(12-10-16)20-13-7-5-3-2-4-6-8-18-14-21-18/h9-12,18H,2-8,13-14H2,1H3. The van der Waals surface area contributed by atoms with E-state index in [1.54, 1.807) is 6.92 Å². The number of epoxide rings is 1. The second-order valence-corrected chi connectivity index (χ2v) is 5.79. The summed E-state index contributed by atoms with van der Waals surface area (Å²) in [5.41, 5.74) is 0.735. The van der Waals surface area contributed by atoms with Gasteiger partial charge in [-0.15, -0.1) is 0 Å². The molecule has 1 heterocycles. The highest BCUT2D eigenvalue weighted by atomic mass is 16.6. The first-order chi connectivity index (χ1) is 10.3. The second-order valence-electron chi connectivity index (χ2n) is 5.79. The maximum absolute atomic E-state index is 11.2. The van der Waals surface area contributed by atoms with E-state index in [4.69, 9.17) is 9.47 Å². The van der Waals surface area contributed by atoms with Crippen LogP contribution in [0.1, 0.15) is 62.2 Å². The predicted molar refractivity (Wildman–Crippen MR) is 84.0 cm³/mol. The van der Waals surface area contributed by atoms with Crippen molar-refractivity contribution in [3.8, 4) is 5.75 Å². The number of carbonyl (C=O) groups excluding carboxylic acids is 1. The molecule has 1 aliphatic heterocycles. The van der Waals surface area contributed by atoms with Crippen LogP contribution in [0.3, 0.4) is 0 Å². The summed E-state index contributed by atoms with van der Waals surface area (Å²) < 4.78 is 10.9. The Morgan fingerprint density at radius 1 is 1.10 bits per heavy atom. The molecule has 0 N–H and O–H groups in total. The van der Waals surface area contributed by atoms with E-state index in [-0.39, 0.29) is 5.78 Å². The number of carbonyl (C=O) groups is 1. The van der Waals surface area contributed by atoms with Gasteiger partial charge in [-0.3, -0.25) is 4.79 Å². The van der Waals surface area contributed by atoms with E-state index in [2.05, 4.69) is 0 Å². The average Bonchev–Trinajstić information content (AvgIpc) is 3.30. The highest BCUT2D eigenvalue weighted by Gasteiger charge is 2.20. The van der Waals surface area contributed by atoms with E-state index in [0.29, 0.717) is 6.10 Å². The number of hydrogen-bond donors (Lipinski definition) is 0. The van der Waals surface area contributed by atoms with Crippen LogP contribution < -0.4 is 4.74 Å². The van der Waals surface area contributed by atoms with Crippen LogP contribution in [0.15, 0.2) is 24.3 Å². The Balaban J connectivity index is 1.44. The topological polar surface area (TPSA) is 38.8 Å². The van der Waals surface area contributed by atoms with Crippen LogP contribution in [-0.4, -0.2) is 25.1 Å². The van der Waals surface area contributed by atoms with E-state index in [0.717, 1.165) is 30.9 Å². The number of hydrogen-bond acceptors (Lipinski definition) is 3. The molecule has 1 aromatic rings. The van der Waals surface area contributed by atoms with Gasteiger partial charge in [0.2, 0.25) is 0 Å². The van der Waals surface area contributed by atoms with Crippen LogP contribution in [0.2, 0.25) is 0 Å². The van der Waals surface area contributed by atoms with E-state index in [1.807, 2.05) is 24.3 Å². The molecule has 116 valence electrons. The Kier molecular flexibility index (Phi) is 6.74. The van der Waals surface area contributed by atoms with Gasteiger partial charge in [0.15, 0.2) is 5.78 Å². The van der Waals surface area contributed by atoms with Crippen molar-refractivity contribution in [1.82, 2.24) is 0 Å². The minimum atomic E-state index is 0.0924. The summed E-state index contributed by atoms with van der Waals surface area (Å²) in [6, 6.07) is 7.38. The molecule has 0 radical (unpaired) electrons. The van der Waals surface area contributed by atoms with Crippen LogP contribution in [0.5, 0.6) is 5.75 Å². The Bertz CT molecular complexity index is 421. The number of ketones is 1. The van der Waals surface area contributed by atoms with E-state index >= 15 is 0 Å². The molecule has 1 aliphatic rings. The van der Waals surface area contributed by atoms with Gasteiger partial charge in [-0.05, 0) is 44.0 Å². The predicted octanol–water partition coefficient (Wildman–Crippen LogP) is 4.40. The molecule has 0 bridgehead atoms. The SMILES string of the molecule is CC(=O)c1ccc(OCCCCCCCCC2CO2)cc1. The molecule has 1 saturated heterocycles. The van der Waals surface area contributed by atoms with Gasteiger partial charge in [-0.25, -0.2) is 0 Å². The van der Waals surface area contributed by atoms with Gasteiger partial charge < -0.3 is 9.47 Å². The fraction of sp³-hybridized carbons (Fsp3) is 0.611. The maximum atomic E-state index is 11.2. The lowest BCUT2D eigenvalue weighted by molar-refractivity contribution is 0.101. The van der Waals surface area contributed by atoms with Crippen molar-refractivity contribution in [1.29, 1.82) is 0 Å². The Hall–Kier alpha value is -1.35. The van der Waals surface area contributed by atoms with Crippen molar-refractivity contribution in [3.05, 3.63) is 29.8 Å². The summed E-state index contributed by atoms with van der Waals surface area (Å²) in [6.45, 7) is 3.33. The molecule has 1 unspecified atom stereocenters. The van der Waals surface area contributed by atoms with Crippen molar-refractivity contribution in [2.24, 2.45) is 0 Å². The largest absolute Gasteiger partial charge is 0.494 e. The molecule has 1 atom stereocenters. The molecular formula is C18H26O3. The summed E-state index contributed by atoms with van der Waals surface area (Å²) in [5, 5.41) is 0. The zero-order valence-electron chi connectivity index (χ0n) is 13.0. The summed E-state index contributed by atoms with van der Waals surface area (Å²) in [6.07, 6.45) is 9.41. The van der Waals surface area contributed by atoms with Gasteiger partial charge >= 0.3 is 0 Å². The molecule has 0 aliphatic carbocycles. The first-order valence-corrected chi connectivity index (χ1v) is 8.11. The number of Topliss-reactive ketones (excluding diaryl/α,β-unsaturated/α-hetero) is 1. The number of rotatable bonds is 11. The highest BCUT2D eigenvalue weighted by molar-refractivity contribution is 5.94. The average molecular weight is 290 g/mol. The molecule has 0 aromatic heterocycles. The Morgan fingerprint density at radius 3 is 2.33 bits per heavy atom. The minimum absolute atomic E-state index is 0.0924. The van der Waals surface area contributed by atoms with Crippen molar-refractivity contribution in [2.45, 2.75) is 58.0 Å². The van der Waals surface area contributed by atoms with Gasteiger partial charge in [0.05, 0.1) is 19.3 Å². The summed E-state index contributed by atoms with van der Waals surface area (Å²) >= 11 is 0. The third-order valence-corrected chi connectivity index (χ3v) is 3.85. The molecule has 1 fully saturated rings. The molecule has 2 rings (SSSR count). The normalized spacial score (nSPS) is 16.7. The molecule has 0 saturated carbocycles.